The van der Waals surface area contributed by atoms with Gasteiger partial charge in [0.05, 0.1) is 6.61 Å². The number of hydrogen-bond donors (Lipinski definition) is 0. The predicted molar refractivity (Wildman–Crippen MR) is 89.1 cm³/mol. The van der Waals surface area contributed by atoms with Crippen LogP contribution in [0.2, 0.25) is 0 Å². The number of benzene rings is 2. The third-order valence-electron chi connectivity index (χ3n) is 3.48. The van der Waals surface area contributed by atoms with Crippen LogP contribution >= 0.6 is 0 Å². The number of hydrogen-bond acceptors (Lipinski definition) is 2. The normalized spacial score (nSPS) is 10.3. The van der Waals surface area contributed by atoms with Crippen molar-refractivity contribution < 1.29 is 9.53 Å². The molecule has 2 aromatic carbocycles. The van der Waals surface area contributed by atoms with Crippen molar-refractivity contribution in [2.45, 2.75) is 26.3 Å². The zero-order valence-corrected chi connectivity index (χ0v) is 13.3. The molecule has 0 aliphatic rings. The molecule has 0 N–H and O–H groups in total. The molecule has 1 amide bonds. The maximum atomic E-state index is 12.4. The van der Waals surface area contributed by atoms with Gasteiger partial charge in [0.25, 0.3) is 5.91 Å². The van der Waals surface area contributed by atoms with Gasteiger partial charge in [-0.25, -0.2) is 0 Å². The molecule has 0 fully saturated rings. The van der Waals surface area contributed by atoms with Gasteiger partial charge in [0, 0.05) is 19.2 Å². The van der Waals surface area contributed by atoms with Crippen molar-refractivity contribution in [3.8, 4) is 5.75 Å². The van der Waals surface area contributed by atoms with Gasteiger partial charge in [-0.05, 0) is 36.2 Å². The number of unbranched alkanes of at least 4 members (excludes halogenated alkanes) is 1. The van der Waals surface area contributed by atoms with Crippen LogP contribution in [0, 0.1) is 0 Å². The highest BCUT2D eigenvalue weighted by Gasteiger charge is 2.11. The van der Waals surface area contributed by atoms with Crippen LogP contribution in [0.15, 0.2) is 54.6 Å². The number of nitrogens with zero attached hydrogens (tertiary/aromatic N) is 1. The van der Waals surface area contributed by atoms with Crippen LogP contribution in [0.4, 0.5) is 0 Å². The number of amides is 1. The van der Waals surface area contributed by atoms with E-state index in [9.17, 15) is 4.79 Å². The lowest BCUT2D eigenvalue weighted by Crippen LogP contribution is -2.26. The summed E-state index contributed by atoms with van der Waals surface area (Å²) in [5, 5.41) is 0. The average Bonchev–Trinajstić information content (AvgIpc) is 2.56. The van der Waals surface area contributed by atoms with Gasteiger partial charge in [-0.3, -0.25) is 4.79 Å². The summed E-state index contributed by atoms with van der Waals surface area (Å²) >= 11 is 0. The molecular formula is C19H23NO2. The highest BCUT2D eigenvalue weighted by Crippen LogP contribution is 2.15. The van der Waals surface area contributed by atoms with E-state index in [0.717, 1.165) is 30.8 Å². The Labute approximate surface area is 132 Å². The van der Waals surface area contributed by atoms with Crippen molar-refractivity contribution in [3.05, 3.63) is 65.7 Å². The van der Waals surface area contributed by atoms with Gasteiger partial charge in [0.2, 0.25) is 0 Å². The molecule has 116 valence electrons. The minimum absolute atomic E-state index is 0.0176. The van der Waals surface area contributed by atoms with Gasteiger partial charge in [0.15, 0.2) is 0 Å². The Kier molecular flexibility index (Phi) is 6.01. The van der Waals surface area contributed by atoms with E-state index in [-0.39, 0.29) is 5.91 Å². The summed E-state index contributed by atoms with van der Waals surface area (Å²) in [4.78, 5) is 14.1. The first kappa shape index (κ1) is 16.1. The summed E-state index contributed by atoms with van der Waals surface area (Å²) in [5.41, 5.74) is 1.80. The zero-order chi connectivity index (χ0) is 15.8. The van der Waals surface area contributed by atoms with E-state index >= 15 is 0 Å². The second kappa shape index (κ2) is 8.23. The lowest BCUT2D eigenvalue weighted by Gasteiger charge is -2.17. The van der Waals surface area contributed by atoms with Crippen molar-refractivity contribution in [1.29, 1.82) is 0 Å². The van der Waals surface area contributed by atoms with Crippen molar-refractivity contribution in [2.75, 3.05) is 13.7 Å². The summed E-state index contributed by atoms with van der Waals surface area (Å²) in [5.74, 6) is 0.833. The summed E-state index contributed by atoms with van der Waals surface area (Å²) < 4.78 is 5.61. The predicted octanol–water partition coefficient (Wildman–Crippen LogP) is 4.14. The summed E-state index contributed by atoms with van der Waals surface area (Å²) in [6, 6.07) is 17.4. The smallest absolute Gasteiger partial charge is 0.253 e. The minimum atomic E-state index is 0.0176. The Bertz CT molecular complexity index is 578. The van der Waals surface area contributed by atoms with Gasteiger partial charge in [-0.1, -0.05) is 43.7 Å². The van der Waals surface area contributed by atoms with Crippen molar-refractivity contribution in [3.63, 3.8) is 0 Å². The molecule has 0 radical (unpaired) electrons. The van der Waals surface area contributed by atoms with E-state index in [1.807, 2.05) is 61.6 Å². The third kappa shape index (κ3) is 4.62. The quantitative estimate of drug-likeness (QED) is 0.719. The largest absolute Gasteiger partial charge is 0.494 e. The van der Waals surface area contributed by atoms with Crippen LogP contribution < -0.4 is 4.74 Å². The maximum Gasteiger partial charge on any atom is 0.253 e. The molecule has 0 bridgehead atoms. The molecule has 0 aliphatic heterocycles. The van der Waals surface area contributed by atoms with E-state index < -0.39 is 0 Å². The number of rotatable bonds is 7. The molecule has 2 aromatic rings. The monoisotopic (exact) mass is 297 g/mol. The Morgan fingerprint density at radius 2 is 1.73 bits per heavy atom. The summed E-state index contributed by atoms with van der Waals surface area (Å²) in [7, 11) is 1.82. The first-order valence-corrected chi connectivity index (χ1v) is 7.73. The van der Waals surface area contributed by atoms with Crippen LogP contribution in [-0.4, -0.2) is 24.5 Å². The van der Waals surface area contributed by atoms with Crippen LogP contribution in [0.5, 0.6) is 5.75 Å². The number of ether oxygens (including phenoxy) is 1. The SMILES string of the molecule is CCCCOc1ccc(C(=O)N(C)Cc2ccccc2)cc1. The molecule has 0 heterocycles. The van der Waals surface area contributed by atoms with E-state index in [4.69, 9.17) is 4.74 Å². The van der Waals surface area contributed by atoms with Gasteiger partial charge in [0.1, 0.15) is 5.75 Å². The molecule has 0 atom stereocenters. The molecule has 0 saturated carbocycles. The van der Waals surface area contributed by atoms with E-state index in [1.54, 1.807) is 4.90 Å². The zero-order valence-electron chi connectivity index (χ0n) is 13.3. The second-order valence-corrected chi connectivity index (χ2v) is 5.37. The van der Waals surface area contributed by atoms with Crippen LogP contribution in [0.3, 0.4) is 0 Å². The molecule has 0 aliphatic carbocycles. The van der Waals surface area contributed by atoms with Crippen molar-refractivity contribution in [2.24, 2.45) is 0 Å². The Hall–Kier alpha value is -2.29. The fourth-order valence-corrected chi connectivity index (χ4v) is 2.18. The van der Waals surface area contributed by atoms with Crippen molar-refractivity contribution >= 4 is 5.91 Å². The highest BCUT2D eigenvalue weighted by molar-refractivity contribution is 5.94. The summed E-state index contributed by atoms with van der Waals surface area (Å²) in [6.45, 7) is 3.46. The molecule has 3 heteroatoms. The van der Waals surface area contributed by atoms with Gasteiger partial charge in [-0.15, -0.1) is 0 Å². The molecular weight excluding hydrogens is 274 g/mol. The Morgan fingerprint density at radius 1 is 1.05 bits per heavy atom. The highest BCUT2D eigenvalue weighted by atomic mass is 16.5. The maximum absolute atomic E-state index is 12.4. The van der Waals surface area contributed by atoms with Crippen LogP contribution in [-0.2, 0) is 6.54 Å². The molecule has 2 rings (SSSR count). The van der Waals surface area contributed by atoms with E-state index in [2.05, 4.69) is 6.92 Å². The third-order valence-corrected chi connectivity index (χ3v) is 3.48. The number of carbonyl (C=O) groups excluding carboxylic acids is 1. The molecule has 0 saturated heterocycles. The van der Waals surface area contributed by atoms with Crippen LogP contribution in [0.1, 0.15) is 35.7 Å². The topological polar surface area (TPSA) is 29.5 Å². The second-order valence-electron chi connectivity index (χ2n) is 5.37. The molecule has 0 aromatic heterocycles. The molecule has 0 spiro atoms. The fourth-order valence-electron chi connectivity index (χ4n) is 2.18. The minimum Gasteiger partial charge on any atom is -0.494 e. The van der Waals surface area contributed by atoms with E-state index in [0.29, 0.717) is 12.1 Å². The van der Waals surface area contributed by atoms with Gasteiger partial charge in [-0.2, -0.15) is 0 Å². The molecule has 22 heavy (non-hydrogen) atoms. The van der Waals surface area contributed by atoms with Gasteiger partial charge >= 0.3 is 0 Å². The lowest BCUT2D eigenvalue weighted by molar-refractivity contribution is 0.0785. The van der Waals surface area contributed by atoms with Crippen LogP contribution in [0.25, 0.3) is 0 Å². The standard InChI is InChI=1S/C19H23NO2/c1-3-4-14-22-18-12-10-17(11-13-18)19(21)20(2)15-16-8-6-5-7-9-16/h5-13H,3-4,14-15H2,1-2H3. The average molecular weight is 297 g/mol. The van der Waals surface area contributed by atoms with E-state index in [1.165, 1.54) is 0 Å². The first-order valence-electron chi connectivity index (χ1n) is 7.73. The molecule has 0 unspecified atom stereocenters. The first-order chi connectivity index (χ1) is 10.7. The number of carbonyl (C=O) groups is 1. The lowest BCUT2D eigenvalue weighted by atomic mass is 10.1. The van der Waals surface area contributed by atoms with Gasteiger partial charge < -0.3 is 9.64 Å². The Morgan fingerprint density at radius 3 is 2.36 bits per heavy atom. The molecule has 3 nitrogen and oxygen atoms in total. The summed E-state index contributed by atoms with van der Waals surface area (Å²) in [6.07, 6.45) is 2.15. The van der Waals surface area contributed by atoms with Crippen molar-refractivity contribution in [1.82, 2.24) is 4.90 Å². The Balaban J connectivity index is 1.94. The fraction of sp³-hybridized carbons (Fsp3) is 0.316.